The van der Waals surface area contributed by atoms with E-state index in [4.69, 9.17) is 5.11 Å². The zero-order chi connectivity index (χ0) is 17.5. The van der Waals surface area contributed by atoms with Gasteiger partial charge in [-0.05, 0) is 36.4 Å². The molecule has 24 heavy (non-hydrogen) atoms. The van der Waals surface area contributed by atoms with Gasteiger partial charge in [0.15, 0.2) is 0 Å². The van der Waals surface area contributed by atoms with Crippen molar-refractivity contribution >= 4 is 32.9 Å². The number of benzene rings is 2. The predicted octanol–water partition coefficient (Wildman–Crippen LogP) is 2.27. The van der Waals surface area contributed by atoms with Gasteiger partial charge in [-0.1, -0.05) is 12.1 Å². The Bertz CT molecular complexity index is 1080. The minimum atomic E-state index is -4.06. The molecule has 1 heterocycles. The molecule has 0 aliphatic carbocycles. The Morgan fingerprint density at radius 2 is 1.62 bits per heavy atom. The van der Waals surface area contributed by atoms with E-state index in [-0.39, 0.29) is 26.9 Å². The monoisotopic (exact) mass is 345 g/mol. The van der Waals surface area contributed by atoms with Crippen LogP contribution in [0, 0.1) is 0 Å². The molecule has 122 valence electrons. The molecule has 0 fully saturated rings. The second-order valence-electron chi connectivity index (χ2n) is 4.99. The van der Waals surface area contributed by atoms with Gasteiger partial charge in [-0.3, -0.25) is 0 Å². The Kier molecular flexibility index (Phi) is 3.61. The van der Waals surface area contributed by atoms with Gasteiger partial charge in [0.25, 0.3) is 10.0 Å². The maximum atomic E-state index is 12.8. The number of nitrogens with zero attached hydrogens (tertiary/aromatic N) is 1. The molecule has 0 aliphatic heterocycles. The first kappa shape index (κ1) is 15.8. The summed E-state index contributed by atoms with van der Waals surface area (Å²) in [6, 6.07) is 10.7. The van der Waals surface area contributed by atoms with Crippen molar-refractivity contribution < 1.29 is 28.2 Å². The normalized spacial score (nSPS) is 11.5. The van der Waals surface area contributed by atoms with Gasteiger partial charge < -0.3 is 10.2 Å². The summed E-state index contributed by atoms with van der Waals surface area (Å²) in [5.74, 6) is -2.40. The number of carbonyl (C=O) groups is 2. The van der Waals surface area contributed by atoms with Crippen molar-refractivity contribution in [2.75, 3.05) is 0 Å². The van der Waals surface area contributed by atoms with Gasteiger partial charge >= 0.3 is 11.9 Å². The summed E-state index contributed by atoms with van der Waals surface area (Å²) < 4.78 is 26.5. The molecule has 2 aromatic carbocycles. The average molecular weight is 345 g/mol. The zero-order valence-corrected chi connectivity index (χ0v) is 12.9. The van der Waals surface area contributed by atoms with Crippen molar-refractivity contribution in [3.8, 4) is 0 Å². The van der Waals surface area contributed by atoms with Crippen molar-refractivity contribution in [3.05, 3.63) is 65.9 Å². The molecule has 7 nitrogen and oxygen atoms in total. The number of fused-ring (bicyclic) bond motifs is 1. The molecule has 8 heteroatoms. The fourth-order valence-electron chi connectivity index (χ4n) is 2.44. The Morgan fingerprint density at radius 1 is 0.917 bits per heavy atom. The van der Waals surface area contributed by atoms with Crippen LogP contribution in [0.2, 0.25) is 0 Å². The molecule has 2 N–H and O–H groups in total. The summed E-state index contributed by atoms with van der Waals surface area (Å²) in [6.07, 6.45) is 1.25. The van der Waals surface area contributed by atoms with Crippen LogP contribution in [0.4, 0.5) is 0 Å². The summed E-state index contributed by atoms with van der Waals surface area (Å²) in [6.45, 7) is 0. The first-order valence-corrected chi connectivity index (χ1v) is 8.18. The SMILES string of the molecule is O=C(O)c1cccc(S(=O)(=O)n2ccc3c(C(=O)O)cccc32)c1. The van der Waals surface area contributed by atoms with Gasteiger partial charge in [-0.2, -0.15) is 0 Å². The minimum Gasteiger partial charge on any atom is -0.478 e. The predicted molar refractivity (Wildman–Crippen MR) is 84.9 cm³/mol. The molecule has 0 saturated carbocycles. The molecule has 0 bridgehead atoms. The summed E-state index contributed by atoms with van der Waals surface area (Å²) in [4.78, 5) is 22.1. The van der Waals surface area contributed by atoms with Crippen molar-refractivity contribution in [2.45, 2.75) is 4.90 Å². The number of aromatic nitrogens is 1. The zero-order valence-electron chi connectivity index (χ0n) is 12.1. The lowest BCUT2D eigenvalue weighted by Gasteiger charge is -2.08. The third-order valence-electron chi connectivity index (χ3n) is 3.57. The maximum absolute atomic E-state index is 12.8. The number of hydrogen-bond donors (Lipinski definition) is 2. The molecule has 0 amide bonds. The quantitative estimate of drug-likeness (QED) is 0.750. The standard InChI is InChI=1S/C16H11NO6S/c18-15(19)10-3-1-4-11(9-10)24(22,23)17-8-7-12-13(16(20)21)5-2-6-14(12)17/h1-9H,(H,18,19)(H,20,21). The van der Waals surface area contributed by atoms with E-state index in [1.165, 1.54) is 48.7 Å². The molecule has 3 rings (SSSR count). The van der Waals surface area contributed by atoms with Crippen molar-refractivity contribution in [1.82, 2.24) is 3.97 Å². The highest BCUT2D eigenvalue weighted by Crippen LogP contribution is 2.25. The van der Waals surface area contributed by atoms with Crippen molar-refractivity contribution in [2.24, 2.45) is 0 Å². The van der Waals surface area contributed by atoms with E-state index in [0.717, 1.165) is 10.0 Å². The van der Waals surface area contributed by atoms with E-state index in [1.807, 2.05) is 0 Å². The summed E-state index contributed by atoms with van der Waals surface area (Å²) in [7, 11) is -4.06. The van der Waals surface area contributed by atoms with Gasteiger partial charge in [0.1, 0.15) is 0 Å². The molecule has 0 atom stereocenters. The van der Waals surface area contributed by atoms with Gasteiger partial charge in [0.2, 0.25) is 0 Å². The second-order valence-corrected chi connectivity index (χ2v) is 6.81. The summed E-state index contributed by atoms with van der Waals surface area (Å²) in [5, 5.41) is 18.5. The van der Waals surface area contributed by atoms with Crippen LogP contribution in [-0.2, 0) is 10.0 Å². The molecule has 0 spiro atoms. The first-order valence-electron chi connectivity index (χ1n) is 6.74. The lowest BCUT2D eigenvalue weighted by atomic mass is 10.1. The number of carboxylic acid groups (broad SMARTS) is 2. The molecule has 0 aliphatic rings. The number of aromatic carboxylic acids is 2. The van der Waals surface area contributed by atoms with Crippen LogP contribution in [-0.4, -0.2) is 34.5 Å². The smallest absolute Gasteiger partial charge is 0.336 e. The van der Waals surface area contributed by atoms with E-state index in [9.17, 15) is 23.1 Å². The third kappa shape index (κ3) is 2.42. The van der Waals surface area contributed by atoms with Crippen LogP contribution in [0.3, 0.4) is 0 Å². The Balaban J connectivity index is 2.23. The highest BCUT2D eigenvalue weighted by molar-refractivity contribution is 7.90. The highest BCUT2D eigenvalue weighted by Gasteiger charge is 2.21. The van der Waals surface area contributed by atoms with Crippen LogP contribution < -0.4 is 0 Å². The molecule has 0 unspecified atom stereocenters. The lowest BCUT2D eigenvalue weighted by Crippen LogP contribution is -2.13. The van der Waals surface area contributed by atoms with E-state index in [0.29, 0.717) is 0 Å². The van der Waals surface area contributed by atoms with Crippen LogP contribution in [0.25, 0.3) is 10.9 Å². The van der Waals surface area contributed by atoms with Crippen LogP contribution in [0.5, 0.6) is 0 Å². The van der Waals surface area contributed by atoms with Crippen LogP contribution >= 0.6 is 0 Å². The minimum absolute atomic E-state index is 0.0132. The lowest BCUT2D eigenvalue weighted by molar-refractivity contribution is 0.0687. The Labute approximate surface area is 136 Å². The van der Waals surface area contributed by atoms with E-state index < -0.39 is 22.0 Å². The van der Waals surface area contributed by atoms with Gasteiger partial charge in [0, 0.05) is 11.6 Å². The second kappa shape index (κ2) is 5.50. The molecule has 1 aromatic heterocycles. The molecule has 0 radical (unpaired) electrons. The molecule has 3 aromatic rings. The van der Waals surface area contributed by atoms with Gasteiger partial charge in [-0.25, -0.2) is 22.0 Å². The molecule has 0 saturated heterocycles. The summed E-state index contributed by atoms with van der Waals surface area (Å²) in [5.41, 5.74) is 0.0372. The average Bonchev–Trinajstić information content (AvgIpc) is 2.99. The number of carboxylic acids is 2. The van der Waals surface area contributed by atoms with Gasteiger partial charge in [-0.15, -0.1) is 0 Å². The van der Waals surface area contributed by atoms with E-state index in [2.05, 4.69) is 0 Å². The third-order valence-corrected chi connectivity index (χ3v) is 5.25. The Hall–Kier alpha value is -3.13. The fourth-order valence-corrected chi connectivity index (χ4v) is 3.83. The van der Waals surface area contributed by atoms with Crippen molar-refractivity contribution in [1.29, 1.82) is 0 Å². The van der Waals surface area contributed by atoms with Crippen LogP contribution in [0.1, 0.15) is 20.7 Å². The number of hydrogen-bond acceptors (Lipinski definition) is 4. The largest absolute Gasteiger partial charge is 0.478 e. The number of rotatable bonds is 4. The highest BCUT2D eigenvalue weighted by atomic mass is 32.2. The maximum Gasteiger partial charge on any atom is 0.336 e. The van der Waals surface area contributed by atoms with Crippen molar-refractivity contribution in [3.63, 3.8) is 0 Å². The molecular formula is C16H11NO6S. The topological polar surface area (TPSA) is 114 Å². The molecular weight excluding hydrogens is 334 g/mol. The van der Waals surface area contributed by atoms with Crippen LogP contribution in [0.15, 0.2) is 59.6 Å². The van der Waals surface area contributed by atoms with E-state index >= 15 is 0 Å². The Morgan fingerprint density at radius 3 is 2.29 bits per heavy atom. The first-order chi connectivity index (χ1) is 11.3. The van der Waals surface area contributed by atoms with E-state index in [1.54, 1.807) is 0 Å². The summed E-state index contributed by atoms with van der Waals surface area (Å²) >= 11 is 0. The fraction of sp³-hybridized carbons (Fsp3) is 0. The van der Waals surface area contributed by atoms with Gasteiger partial charge in [0.05, 0.1) is 21.5 Å².